The summed E-state index contributed by atoms with van der Waals surface area (Å²) < 4.78 is 4.52. The number of hydrogen-bond donors (Lipinski definition) is 1. The maximum absolute atomic E-state index is 11.5. The molecular formula is C13H16N2O3. The summed E-state index contributed by atoms with van der Waals surface area (Å²) in [7, 11) is 1.32. The van der Waals surface area contributed by atoms with Crippen molar-refractivity contribution in [1.82, 2.24) is 10.3 Å². The summed E-state index contributed by atoms with van der Waals surface area (Å²) in [6, 6.07) is 3.37. The lowest BCUT2D eigenvalue weighted by Crippen LogP contribution is -2.33. The van der Waals surface area contributed by atoms with Crippen LogP contribution in [0.1, 0.15) is 18.9 Å². The largest absolute Gasteiger partial charge is 0.469 e. The highest BCUT2D eigenvalue weighted by Gasteiger charge is 2.10. The fourth-order valence-electron chi connectivity index (χ4n) is 1.32. The van der Waals surface area contributed by atoms with Crippen LogP contribution in [0.15, 0.2) is 30.6 Å². The molecule has 1 aromatic heterocycles. The Morgan fingerprint density at radius 2 is 2.33 bits per heavy atom. The minimum Gasteiger partial charge on any atom is -0.469 e. The van der Waals surface area contributed by atoms with Gasteiger partial charge in [0.2, 0.25) is 5.91 Å². The van der Waals surface area contributed by atoms with E-state index in [4.69, 9.17) is 0 Å². The van der Waals surface area contributed by atoms with Crippen molar-refractivity contribution in [2.24, 2.45) is 0 Å². The van der Waals surface area contributed by atoms with E-state index in [2.05, 4.69) is 15.0 Å². The van der Waals surface area contributed by atoms with Crippen molar-refractivity contribution in [3.8, 4) is 0 Å². The molecule has 1 amide bonds. The number of esters is 1. The molecule has 1 unspecified atom stereocenters. The van der Waals surface area contributed by atoms with Gasteiger partial charge in [0.1, 0.15) is 0 Å². The number of methoxy groups -OCH3 is 1. The number of rotatable bonds is 5. The van der Waals surface area contributed by atoms with Gasteiger partial charge in [0.05, 0.1) is 13.5 Å². The Labute approximate surface area is 106 Å². The molecule has 0 fully saturated rings. The van der Waals surface area contributed by atoms with Crippen molar-refractivity contribution in [3.63, 3.8) is 0 Å². The Morgan fingerprint density at radius 3 is 2.94 bits per heavy atom. The second kappa shape index (κ2) is 7.21. The molecule has 5 nitrogen and oxygen atoms in total. The van der Waals surface area contributed by atoms with Gasteiger partial charge in [-0.2, -0.15) is 0 Å². The Bertz CT molecular complexity index is 429. The number of amides is 1. The zero-order chi connectivity index (χ0) is 13.4. The highest BCUT2D eigenvalue weighted by Crippen LogP contribution is 1.99. The molecular weight excluding hydrogens is 232 g/mol. The van der Waals surface area contributed by atoms with E-state index in [0.717, 1.165) is 5.56 Å². The van der Waals surface area contributed by atoms with Gasteiger partial charge in [0.15, 0.2) is 0 Å². The van der Waals surface area contributed by atoms with Crippen LogP contribution in [0.2, 0.25) is 0 Å². The number of nitrogens with zero attached hydrogens (tertiary/aromatic N) is 1. The number of ether oxygens (including phenoxy) is 1. The molecule has 0 bridgehead atoms. The summed E-state index contributed by atoms with van der Waals surface area (Å²) in [6.07, 6.45) is 6.54. The minimum absolute atomic E-state index is 0.156. The normalized spacial score (nSPS) is 12.1. The molecule has 0 aliphatic carbocycles. The molecule has 1 aromatic rings. The van der Waals surface area contributed by atoms with Crippen LogP contribution >= 0.6 is 0 Å². The number of carbonyl (C=O) groups excluding carboxylic acids is 2. The molecule has 96 valence electrons. The van der Waals surface area contributed by atoms with Crippen LogP contribution < -0.4 is 5.32 Å². The van der Waals surface area contributed by atoms with Gasteiger partial charge in [0, 0.05) is 24.5 Å². The van der Waals surface area contributed by atoms with Crippen molar-refractivity contribution in [3.05, 3.63) is 36.2 Å². The van der Waals surface area contributed by atoms with Crippen LogP contribution in [0.3, 0.4) is 0 Å². The molecule has 0 aromatic carbocycles. The number of nitrogens with one attached hydrogen (secondary N) is 1. The van der Waals surface area contributed by atoms with Gasteiger partial charge in [-0.05, 0) is 24.6 Å². The van der Waals surface area contributed by atoms with E-state index >= 15 is 0 Å². The van der Waals surface area contributed by atoms with Crippen molar-refractivity contribution in [1.29, 1.82) is 0 Å². The van der Waals surface area contributed by atoms with E-state index in [-0.39, 0.29) is 24.3 Å². The van der Waals surface area contributed by atoms with Crippen molar-refractivity contribution in [2.75, 3.05) is 7.11 Å². The summed E-state index contributed by atoms with van der Waals surface area (Å²) in [5.41, 5.74) is 0.841. The zero-order valence-corrected chi connectivity index (χ0v) is 10.4. The summed E-state index contributed by atoms with van der Waals surface area (Å²) in [5, 5.41) is 2.67. The van der Waals surface area contributed by atoms with Crippen LogP contribution in [-0.2, 0) is 14.3 Å². The first-order chi connectivity index (χ1) is 8.61. The van der Waals surface area contributed by atoms with Crippen LogP contribution in [0, 0.1) is 0 Å². The highest BCUT2D eigenvalue weighted by molar-refractivity contribution is 5.92. The Balaban J connectivity index is 2.42. The lowest BCUT2D eigenvalue weighted by molar-refractivity contribution is -0.141. The van der Waals surface area contributed by atoms with Gasteiger partial charge in [0.25, 0.3) is 0 Å². The Hall–Kier alpha value is -2.17. The topological polar surface area (TPSA) is 68.3 Å². The highest BCUT2D eigenvalue weighted by atomic mass is 16.5. The molecule has 0 radical (unpaired) electrons. The molecule has 1 rings (SSSR count). The zero-order valence-electron chi connectivity index (χ0n) is 10.4. The van der Waals surface area contributed by atoms with Crippen LogP contribution in [0.25, 0.3) is 6.08 Å². The summed E-state index contributed by atoms with van der Waals surface area (Å²) >= 11 is 0. The van der Waals surface area contributed by atoms with Crippen molar-refractivity contribution < 1.29 is 14.3 Å². The van der Waals surface area contributed by atoms with Gasteiger partial charge in [-0.15, -0.1) is 0 Å². The van der Waals surface area contributed by atoms with Gasteiger partial charge in [-0.25, -0.2) is 0 Å². The van der Waals surface area contributed by atoms with Crippen LogP contribution in [-0.4, -0.2) is 30.0 Å². The average molecular weight is 248 g/mol. The molecule has 0 spiro atoms. The van der Waals surface area contributed by atoms with Crippen LogP contribution in [0.5, 0.6) is 0 Å². The first kappa shape index (κ1) is 13.9. The number of hydrogen-bond acceptors (Lipinski definition) is 4. The number of pyridine rings is 1. The molecule has 1 atom stereocenters. The predicted octanol–water partition coefficient (Wildman–Crippen LogP) is 1.16. The molecule has 1 N–H and O–H groups in total. The van der Waals surface area contributed by atoms with E-state index in [0.29, 0.717) is 0 Å². The first-order valence-corrected chi connectivity index (χ1v) is 5.57. The monoisotopic (exact) mass is 248 g/mol. The predicted molar refractivity (Wildman–Crippen MR) is 67.5 cm³/mol. The third-order valence-corrected chi connectivity index (χ3v) is 2.20. The molecule has 1 heterocycles. The van der Waals surface area contributed by atoms with E-state index in [1.165, 1.54) is 13.2 Å². The third kappa shape index (κ3) is 5.25. The molecule has 0 aliphatic heterocycles. The van der Waals surface area contributed by atoms with Crippen molar-refractivity contribution in [2.45, 2.75) is 19.4 Å². The average Bonchev–Trinajstić information content (AvgIpc) is 2.37. The molecule has 0 saturated heterocycles. The maximum atomic E-state index is 11.5. The second-order valence-electron chi connectivity index (χ2n) is 3.81. The lowest BCUT2D eigenvalue weighted by atomic mass is 10.2. The number of carbonyl (C=O) groups is 2. The van der Waals surface area contributed by atoms with E-state index in [9.17, 15) is 9.59 Å². The molecule has 0 aliphatic rings. The van der Waals surface area contributed by atoms with Crippen molar-refractivity contribution >= 4 is 18.0 Å². The smallest absolute Gasteiger partial charge is 0.307 e. The minimum atomic E-state index is -0.348. The SMILES string of the molecule is COC(=O)CC(C)NC(=O)/C=C/c1cccnc1. The first-order valence-electron chi connectivity index (χ1n) is 5.57. The third-order valence-electron chi connectivity index (χ3n) is 2.20. The summed E-state index contributed by atoms with van der Waals surface area (Å²) in [5.74, 6) is -0.603. The Kier molecular flexibility index (Phi) is 5.57. The van der Waals surface area contributed by atoms with Crippen LogP contribution in [0.4, 0.5) is 0 Å². The van der Waals surface area contributed by atoms with Gasteiger partial charge in [-0.3, -0.25) is 14.6 Å². The summed E-state index contributed by atoms with van der Waals surface area (Å²) in [4.78, 5) is 26.4. The quantitative estimate of drug-likeness (QED) is 0.627. The molecule has 0 saturated carbocycles. The lowest BCUT2D eigenvalue weighted by Gasteiger charge is -2.10. The van der Waals surface area contributed by atoms with Gasteiger partial charge >= 0.3 is 5.97 Å². The number of aromatic nitrogens is 1. The molecule has 18 heavy (non-hydrogen) atoms. The van der Waals surface area contributed by atoms with Gasteiger partial charge in [-0.1, -0.05) is 6.07 Å². The fraction of sp³-hybridized carbons (Fsp3) is 0.308. The standard InChI is InChI=1S/C13H16N2O3/c1-10(8-13(17)18-2)15-12(16)6-5-11-4-3-7-14-9-11/h3-7,9-10H,8H2,1-2H3,(H,15,16)/b6-5+. The Morgan fingerprint density at radius 1 is 1.56 bits per heavy atom. The van der Waals surface area contributed by atoms with E-state index in [1.807, 2.05) is 6.07 Å². The molecule has 5 heteroatoms. The van der Waals surface area contributed by atoms with Gasteiger partial charge < -0.3 is 10.1 Å². The maximum Gasteiger partial charge on any atom is 0.307 e. The fourth-order valence-corrected chi connectivity index (χ4v) is 1.32. The van der Waals surface area contributed by atoms with E-state index < -0.39 is 0 Å². The van der Waals surface area contributed by atoms with E-state index in [1.54, 1.807) is 31.5 Å². The second-order valence-corrected chi connectivity index (χ2v) is 3.81. The summed E-state index contributed by atoms with van der Waals surface area (Å²) in [6.45, 7) is 1.74.